The molecule has 0 bridgehead atoms. The summed E-state index contributed by atoms with van der Waals surface area (Å²) in [6, 6.07) is 2.51. The smallest absolute Gasteiger partial charge is 0.290 e. The molecule has 0 spiro atoms. The molecule has 0 aliphatic carbocycles. The number of carbonyl (C=O) groups excluding carboxylic acids is 1. The zero-order valence-corrected chi connectivity index (χ0v) is 13.0. The van der Waals surface area contributed by atoms with Gasteiger partial charge in [0.05, 0.1) is 22.2 Å². The molecule has 1 aliphatic heterocycles. The molecule has 2 rings (SSSR count). The topological polar surface area (TPSA) is 72.7 Å². The Balaban J connectivity index is 2.33. The molecule has 6 nitrogen and oxygen atoms in total. The number of hydrogen-bond acceptors (Lipinski definition) is 4. The van der Waals surface area contributed by atoms with Crippen LogP contribution in [0.4, 0.5) is 5.69 Å². The van der Waals surface area contributed by atoms with Gasteiger partial charge in [-0.25, -0.2) is 0 Å². The second kappa shape index (κ2) is 6.17. The molecule has 21 heavy (non-hydrogen) atoms. The minimum Gasteiger partial charge on any atom is -0.372 e. The third kappa shape index (κ3) is 3.45. The number of ether oxygens (including phenoxy) is 1. The maximum Gasteiger partial charge on any atom is 0.290 e. The van der Waals surface area contributed by atoms with E-state index in [9.17, 15) is 14.9 Å². The van der Waals surface area contributed by atoms with Crippen molar-refractivity contribution >= 4 is 34.8 Å². The van der Waals surface area contributed by atoms with E-state index >= 15 is 0 Å². The molecule has 0 aromatic heterocycles. The van der Waals surface area contributed by atoms with Crippen LogP contribution in [0, 0.1) is 10.1 Å². The molecule has 1 aromatic carbocycles. The van der Waals surface area contributed by atoms with Crippen molar-refractivity contribution in [2.45, 2.75) is 26.1 Å². The van der Waals surface area contributed by atoms with Crippen molar-refractivity contribution in [1.82, 2.24) is 4.90 Å². The van der Waals surface area contributed by atoms with E-state index in [4.69, 9.17) is 27.9 Å². The van der Waals surface area contributed by atoms with Crippen LogP contribution in [0.2, 0.25) is 10.0 Å². The van der Waals surface area contributed by atoms with Gasteiger partial charge in [-0.1, -0.05) is 23.2 Å². The normalized spacial score (nSPS) is 22.2. The molecule has 2 unspecified atom stereocenters. The van der Waals surface area contributed by atoms with Crippen LogP contribution < -0.4 is 0 Å². The minimum absolute atomic E-state index is 0.0106. The Hall–Kier alpha value is -1.37. The molecule has 1 saturated heterocycles. The monoisotopic (exact) mass is 332 g/mol. The Morgan fingerprint density at radius 3 is 2.43 bits per heavy atom. The highest BCUT2D eigenvalue weighted by molar-refractivity contribution is 6.43. The molecule has 8 heteroatoms. The third-order valence-electron chi connectivity index (χ3n) is 3.16. The zero-order valence-electron chi connectivity index (χ0n) is 11.5. The summed E-state index contributed by atoms with van der Waals surface area (Å²) in [5, 5.41) is 10.8. The lowest BCUT2D eigenvalue weighted by molar-refractivity contribution is -0.384. The molecule has 1 amide bonds. The largest absolute Gasteiger partial charge is 0.372 e. The molecule has 0 N–H and O–H groups in total. The van der Waals surface area contributed by atoms with Gasteiger partial charge in [0.15, 0.2) is 0 Å². The summed E-state index contributed by atoms with van der Waals surface area (Å²) in [5.74, 6) is -0.321. The average molecular weight is 333 g/mol. The summed E-state index contributed by atoms with van der Waals surface area (Å²) < 4.78 is 5.56. The first-order valence-corrected chi connectivity index (χ1v) is 7.13. The molecular weight excluding hydrogens is 319 g/mol. The second-order valence-corrected chi connectivity index (χ2v) is 5.80. The number of carbonyl (C=O) groups is 1. The number of morpholine rings is 1. The molecular formula is C13H14Cl2N2O4. The molecule has 0 saturated carbocycles. The lowest BCUT2D eigenvalue weighted by Crippen LogP contribution is -2.48. The van der Waals surface area contributed by atoms with Gasteiger partial charge in [-0.05, 0) is 19.9 Å². The van der Waals surface area contributed by atoms with Gasteiger partial charge < -0.3 is 9.64 Å². The van der Waals surface area contributed by atoms with Crippen LogP contribution in [0.1, 0.15) is 24.2 Å². The lowest BCUT2D eigenvalue weighted by Gasteiger charge is -2.35. The van der Waals surface area contributed by atoms with Gasteiger partial charge >= 0.3 is 0 Å². The highest BCUT2D eigenvalue weighted by Gasteiger charge is 2.28. The first-order chi connectivity index (χ1) is 9.79. The number of rotatable bonds is 2. The molecule has 1 aliphatic rings. The SMILES string of the molecule is CC1CN(C(=O)c2cc(Cl)c(Cl)c([N+](=O)[O-])c2)CC(C)O1. The quantitative estimate of drug-likeness (QED) is 0.616. The molecule has 0 radical (unpaired) electrons. The van der Waals surface area contributed by atoms with Crippen molar-refractivity contribution in [1.29, 1.82) is 0 Å². The van der Waals surface area contributed by atoms with Crippen LogP contribution in [0.15, 0.2) is 12.1 Å². The summed E-state index contributed by atoms with van der Waals surface area (Å²) in [7, 11) is 0. The van der Waals surface area contributed by atoms with Crippen LogP contribution >= 0.6 is 23.2 Å². The lowest BCUT2D eigenvalue weighted by atomic mass is 10.1. The second-order valence-electron chi connectivity index (χ2n) is 5.02. The van der Waals surface area contributed by atoms with Crippen LogP contribution in [-0.2, 0) is 4.74 Å². The number of benzene rings is 1. The number of nitro benzene ring substituents is 1. The van der Waals surface area contributed by atoms with E-state index in [-0.39, 0.29) is 39.4 Å². The first-order valence-electron chi connectivity index (χ1n) is 6.37. The average Bonchev–Trinajstić information content (AvgIpc) is 2.39. The number of nitro groups is 1. The van der Waals surface area contributed by atoms with Crippen LogP contribution in [-0.4, -0.2) is 41.0 Å². The Bertz CT molecular complexity index is 584. The van der Waals surface area contributed by atoms with E-state index in [1.807, 2.05) is 13.8 Å². The maximum absolute atomic E-state index is 12.5. The Morgan fingerprint density at radius 2 is 1.90 bits per heavy atom. The number of amides is 1. The van der Waals surface area contributed by atoms with Crippen molar-refractivity contribution in [2.24, 2.45) is 0 Å². The zero-order chi connectivity index (χ0) is 15.7. The van der Waals surface area contributed by atoms with Gasteiger partial charge in [0, 0.05) is 24.7 Å². The molecule has 1 heterocycles. The van der Waals surface area contributed by atoms with Crippen molar-refractivity contribution in [3.8, 4) is 0 Å². The predicted molar refractivity (Wildman–Crippen MR) is 79.0 cm³/mol. The van der Waals surface area contributed by atoms with E-state index in [0.29, 0.717) is 13.1 Å². The predicted octanol–water partition coefficient (Wildman–Crippen LogP) is 3.15. The minimum atomic E-state index is -0.657. The highest BCUT2D eigenvalue weighted by Crippen LogP contribution is 2.33. The van der Waals surface area contributed by atoms with Crippen LogP contribution in [0.5, 0.6) is 0 Å². The molecule has 1 aromatic rings. The number of halogens is 2. The molecule has 114 valence electrons. The number of nitrogens with zero attached hydrogens (tertiary/aromatic N) is 2. The van der Waals surface area contributed by atoms with E-state index < -0.39 is 4.92 Å². The Labute approximate surface area is 131 Å². The summed E-state index contributed by atoms with van der Waals surface area (Å²) >= 11 is 11.7. The van der Waals surface area contributed by atoms with Crippen molar-refractivity contribution in [3.63, 3.8) is 0 Å². The fraction of sp³-hybridized carbons (Fsp3) is 0.462. The summed E-state index contributed by atoms with van der Waals surface area (Å²) in [6.07, 6.45) is -0.175. The summed E-state index contributed by atoms with van der Waals surface area (Å²) in [6.45, 7) is 4.59. The van der Waals surface area contributed by atoms with Gasteiger partial charge in [0.2, 0.25) is 0 Å². The standard InChI is InChI=1S/C13H14Cl2N2O4/c1-7-5-16(6-8(2)21-7)13(18)9-3-10(14)12(15)11(4-9)17(19)20/h3-4,7-8H,5-6H2,1-2H3. The molecule has 2 atom stereocenters. The summed E-state index contributed by atoms with van der Waals surface area (Å²) in [4.78, 5) is 24.4. The summed E-state index contributed by atoms with van der Waals surface area (Å²) in [5.41, 5.74) is -0.223. The van der Waals surface area contributed by atoms with Crippen molar-refractivity contribution in [2.75, 3.05) is 13.1 Å². The van der Waals surface area contributed by atoms with Crippen LogP contribution in [0.3, 0.4) is 0 Å². The van der Waals surface area contributed by atoms with Crippen LogP contribution in [0.25, 0.3) is 0 Å². The fourth-order valence-electron chi connectivity index (χ4n) is 2.36. The van der Waals surface area contributed by atoms with E-state index in [1.165, 1.54) is 6.07 Å². The number of hydrogen-bond donors (Lipinski definition) is 0. The van der Waals surface area contributed by atoms with Crippen molar-refractivity contribution in [3.05, 3.63) is 37.9 Å². The molecule has 1 fully saturated rings. The van der Waals surface area contributed by atoms with E-state index in [2.05, 4.69) is 0 Å². The Kier molecular flexibility index (Phi) is 4.70. The Morgan fingerprint density at radius 1 is 1.33 bits per heavy atom. The van der Waals surface area contributed by atoms with Crippen molar-refractivity contribution < 1.29 is 14.5 Å². The van der Waals surface area contributed by atoms with E-state index in [1.54, 1.807) is 4.90 Å². The van der Waals surface area contributed by atoms with E-state index in [0.717, 1.165) is 6.07 Å². The van der Waals surface area contributed by atoms with Gasteiger partial charge in [0.25, 0.3) is 11.6 Å². The first kappa shape index (κ1) is 16.0. The van der Waals surface area contributed by atoms with Gasteiger partial charge in [-0.3, -0.25) is 14.9 Å². The van der Waals surface area contributed by atoms with Gasteiger partial charge in [-0.15, -0.1) is 0 Å². The third-order valence-corrected chi connectivity index (χ3v) is 3.95. The maximum atomic E-state index is 12.5. The fourth-order valence-corrected chi connectivity index (χ4v) is 2.75. The van der Waals surface area contributed by atoms with Gasteiger partial charge in [0.1, 0.15) is 5.02 Å². The highest BCUT2D eigenvalue weighted by atomic mass is 35.5. The van der Waals surface area contributed by atoms with Gasteiger partial charge in [-0.2, -0.15) is 0 Å².